The van der Waals surface area contributed by atoms with Gasteiger partial charge in [0.1, 0.15) is 34.3 Å². The predicted molar refractivity (Wildman–Crippen MR) is 140 cm³/mol. The molecule has 0 spiro atoms. The number of allylic oxidation sites excluding steroid dienone is 1. The molecule has 4 aromatic heterocycles. The summed E-state index contributed by atoms with van der Waals surface area (Å²) in [5.74, 6) is 1.11. The van der Waals surface area contributed by atoms with E-state index in [-0.39, 0.29) is 18.7 Å². The fourth-order valence-corrected chi connectivity index (χ4v) is 4.50. The van der Waals surface area contributed by atoms with Gasteiger partial charge in [-0.05, 0) is 42.1 Å². The van der Waals surface area contributed by atoms with Crippen molar-refractivity contribution in [3.8, 4) is 0 Å². The van der Waals surface area contributed by atoms with Gasteiger partial charge in [-0.3, -0.25) is 9.78 Å². The van der Waals surface area contributed by atoms with Crippen molar-refractivity contribution in [2.45, 2.75) is 46.5 Å². The Bertz CT molecular complexity index is 1480. The summed E-state index contributed by atoms with van der Waals surface area (Å²) in [5.41, 5.74) is 4.64. The number of fused-ring (bicyclic) bond motifs is 2. The van der Waals surface area contributed by atoms with Gasteiger partial charge in [0.05, 0.1) is 17.0 Å². The number of anilines is 1. The SMILES string of the molecule is CC/C(CC(C)=O)=C(/CN(C)c1nc(Cc2cnc3nccnc3c2)nc2[nH]c(CC)c(Cl)c12)N=O. The minimum atomic E-state index is -0.0164. The van der Waals surface area contributed by atoms with Gasteiger partial charge in [0.25, 0.3) is 0 Å². The number of aryl methyl sites for hydroxylation is 1. The molecular weight excluding hydrogens is 480 g/mol. The summed E-state index contributed by atoms with van der Waals surface area (Å²) in [7, 11) is 1.82. The van der Waals surface area contributed by atoms with Gasteiger partial charge in [0.2, 0.25) is 0 Å². The van der Waals surface area contributed by atoms with Crippen molar-refractivity contribution in [2.75, 3.05) is 18.5 Å². The quantitative estimate of drug-likeness (QED) is 0.299. The molecule has 0 unspecified atom stereocenters. The number of ketones is 1. The second-order valence-corrected chi connectivity index (χ2v) is 8.99. The average molecular weight is 507 g/mol. The van der Waals surface area contributed by atoms with E-state index in [0.717, 1.165) is 11.3 Å². The number of carbonyl (C=O) groups is 1. The molecule has 0 bridgehead atoms. The van der Waals surface area contributed by atoms with Crippen molar-refractivity contribution in [2.24, 2.45) is 5.18 Å². The van der Waals surface area contributed by atoms with Crippen LogP contribution < -0.4 is 4.90 Å². The maximum absolute atomic E-state index is 11.7. The zero-order chi connectivity index (χ0) is 25.8. The summed E-state index contributed by atoms with van der Waals surface area (Å²) in [4.78, 5) is 51.0. The molecule has 0 aliphatic carbocycles. The van der Waals surface area contributed by atoms with Crippen LogP contribution in [0.2, 0.25) is 5.02 Å². The van der Waals surface area contributed by atoms with E-state index in [1.165, 1.54) is 6.92 Å². The molecule has 11 heteroatoms. The highest BCUT2D eigenvalue weighted by atomic mass is 35.5. The number of carbonyl (C=O) groups excluding carboxylic acids is 1. The number of nitrogens with one attached hydrogen (secondary N) is 1. The van der Waals surface area contributed by atoms with Crippen molar-refractivity contribution >= 4 is 45.4 Å². The Balaban J connectivity index is 1.77. The predicted octanol–water partition coefficient (Wildman–Crippen LogP) is 4.95. The molecule has 0 atom stereocenters. The summed E-state index contributed by atoms with van der Waals surface area (Å²) < 4.78 is 0. The van der Waals surface area contributed by atoms with Crippen molar-refractivity contribution in [3.05, 3.63) is 62.9 Å². The number of hydrogen-bond acceptors (Lipinski definition) is 9. The van der Waals surface area contributed by atoms with Gasteiger partial charge in [-0.1, -0.05) is 25.4 Å². The molecule has 4 rings (SSSR count). The molecule has 0 radical (unpaired) electrons. The van der Waals surface area contributed by atoms with Gasteiger partial charge in [-0.15, -0.1) is 4.91 Å². The van der Waals surface area contributed by atoms with E-state index in [9.17, 15) is 9.70 Å². The molecule has 4 heterocycles. The lowest BCUT2D eigenvalue weighted by molar-refractivity contribution is -0.116. The monoisotopic (exact) mass is 506 g/mol. The van der Waals surface area contributed by atoms with Crippen LogP contribution in [0.15, 0.2) is 41.1 Å². The number of nitroso groups, excluding NO2 is 1. The molecular formula is C25H27ClN8O2. The van der Waals surface area contributed by atoms with Crippen LogP contribution in [0, 0.1) is 4.91 Å². The maximum atomic E-state index is 11.7. The van der Waals surface area contributed by atoms with Gasteiger partial charge in [-0.25, -0.2) is 19.9 Å². The van der Waals surface area contributed by atoms with E-state index in [1.54, 1.807) is 18.6 Å². The highest BCUT2D eigenvalue weighted by molar-refractivity contribution is 6.37. The Morgan fingerprint density at radius 3 is 2.64 bits per heavy atom. The first-order chi connectivity index (χ1) is 17.3. The molecule has 36 heavy (non-hydrogen) atoms. The molecule has 0 aromatic carbocycles. The van der Waals surface area contributed by atoms with E-state index >= 15 is 0 Å². The van der Waals surface area contributed by atoms with E-state index in [2.05, 4.69) is 25.1 Å². The number of rotatable bonds is 10. The molecule has 1 N–H and O–H groups in total. The van der Waals surface area contributed by atoms with Gasteiger partial charge in [0.15, 0.2) is 5.65 Å². The average Bonchev–Trinajstić information content (AvgIpc) is 3.20. The third-order valence-electron chi connectivity index (χ3n) is 5.94. The highest BCUT2D eigenvalue weighted by Crippen LogP contribution is 2.34. The van der Waals surface area contributed by atoms with E-state index in [4.69, 9.17) is 21.6 Å². The number of nitrogens with zero attached hydrogens (tertiary/aromatic N) is 7. The normalized spacial score (nSPS) is 12.1. The third-order valence-corrected chi connectivity index (χ3v) is 6.36. The maximum Gasteiger partial charge on any atom is 0.178 e. The van der Waals surface area contributed by atoms with Crippen molar-refractivity contribution in [1.82, 2.24) is 29.9 Å². The first kappa shape index (κ1) is 25.3. The fraction of sp³-hybridized carbons (Fsp3) is 0.360. The third kappa shape index (κ3) is 5.23. The van der Waals surface area contributed by atoms with Gasteiger partial charge in [0, 0.05) is 44.2 Å². The molecule has 4 aromatic rings. The number of aromatic amines is 1. The van der Waals surface area contributed by atoms with E-state index < -0.39 is 0 Å². The molecule has 0 saturated heterocycles. The van der Waals surface area contributed by atoms with Crippen LogP contribution in [0.3, 0.4) is 0 Å². The minimum absolute atomic E-state index is 0.0164. The lowest BCUT2D eigenvalue weighted by Crippen LogP contribution is -2.23. The van der Waals surface area contributed by atoms with Crippen molar-refractivity contribution in [3.63, 3.8) is 0 Å². The summed E-state index contributed by atoms with van der Waals surface area (Å²) in [5, 5.41) is 4.48. The molecule has 0 fully saturated rings. The first-order valence-corrected chi connectivity index (χ1v) is 12.1. The number of likely N-dealkylation sites (N-methyl/N-ethyl adjacent to an activating group) is 1. The Labute approximate surface area is 213 Å². The first-order valence-electron chi connectivity index (χ1n) is 11.7. The van der Waals surface area contributed by atoms with E-state index in [0.29, 0.717) is 69.4 Å². The second-order valence-electron chi connectivity index (χ2n) is 8.61. The molecule has 0 amide bonds. The molecule has 0 aliphatic heterocycles. The smallest absolute Gasteiger partial charge is 0.178 e. The van der Waals surface area contributed by atoms with Crippen LogP contribution >= 0.6 is 11.6 Å². The van der Waals surface area contributed by atoms with Gasteiger partial charge in [-0.2, -0.15) is 0 Å². The highest BCUT2D eigenvalue weighted by Gasteiger charge is 2.21. The van der Waals surface area contributed by atoms with Crippen LogP contribution in [0.25, 0.3) is 22.2 Å². The topological polar surface area (TPSA) is 130 Å². The van der Waals surface area contributed by atoms with Gasteiger partial charge < -0.3 is 9.88 Å². The Morgan fingerprint density at radius 2 is 1.94 bits per heavy atom. The second kappa shape index (κ2) is 10.9. The van der Waals surface area contributed by atoms with Crippen LogP contribution in [0.1, 0.15) is 50.7 Å². The molecule has 0 saturated carbocycles. The van der Waals surface area contributed by atoms with Crippen LogP contribution in [0.5, 0.6) is 0 Å². The Morgan fingerprint density at radius 1 is 1.17 bits per heavy atom. The lowest BCUT2D eigenvalue weighted by atomic mass is 10.0. The summed E-state index contributed by atoms with van der Waals surface area (Å²) in [6, 6.07) is 1.91. The Hall–Kier alpha value is -3.79. The van der Waals surface area contributed by atoms with E-state index in [1.807, 2.05) is 31.9 Å². The lowest BCUT2D eigenvalue weighted by Gasteiger charge is -2.20. The Kier molecular flexibility index (Phi) is 7.64. The van der Waals surface area contributed by atoms with Crippen molar-refractivity contribution in [1.29, 1.82) is 0 Å². The van der Waals surface area contributed by atoms with Crippen LogP contribution in [0.4, 0.5) is 5.82 Å². The van der Waals surface area contributed by atoms with Crippen LogP contribution in [-0.4, -0.2) is 49.3 Å². The molecule has 0 aliphatic rings. The summed E-state index contributed by atoms with van der Waals surface area (Å²) in [6.45, 7) is 5.59. The zero-order valence-electron chi connectivity index (χ0n) is 20.7. The summed E-state index contributed by atoms with van der Waals surface area (Å²) in [6.07, 6.45) is 6.82. The minimum Gasteiger partial charge on any atom is -0.353 e. The standard InChI is InChI=1S/C25H27ClN8O2/c1-5-16(9-14(3)35)19(33-36)13-34(4)25-21-22(26)17(6-2)30-24(21)31-20(32-25)11-15-10-18-23(29-12-15)28-8-7-27-18/h7-8,10,12H,5-6,9,11,13H2,1-4H3,(H,30,31,32)/b19-16+. The largest absolute Gasteiger partial charge is 0.353 e. The zero-order valence-corrected chi connectivity index (χ0v) is 21.4. The fourth-order valence-electron chi connectivity index (χ4n) is 4.15. The van der Waals surface area contributed by atoms with Crippen molar-refractivity contribution < 1.29 is 4.79 Å². The summed E-state index contributed by atoms with van der Waals surface area (Å²) >= 11 is 6.71. The number of Topliss-reactive ketones (excluding diaryl/α,β-unsaturated/α-hetero) is 1. The molecule has 10 nitrogen and oxygen atoms in total. The number of pyridine rings is 1. The number of hydrogen-bond donors (Lipinski definition) is 1. The molecule has 186 valence electrons. The van der Waals surface area contributed by atoms with Gasteiger partial charge >= 0.3 is 0 Å². The number of H-pyrrole nitrogens is 1. The number of aromatic nitrogens is 6. The van der Waals surface area contributed by atoms with Crippen LogP contribution in [-0.2, 0) is 17.6 Å². The number of halogens is 1.